The van der Waals surface area contributed by atoms with Crippen LogP contribution < -0.4 is 15.0 Å². The highest BCUT2D eigenvalue weighted by molar-refractivity contribution is 7.11. The van der Waals surface area contributed by atoms with Crippen molar-refractivity contribution in [2.45, 2.75) is 0 Å². The molecule has 1 saturated heterocycles. The van der Waals surface area contributed by atoms with E-state index < -0.39 is 0 Å². The Morgan fingerprint density at radius 2 is 1.93 bits per heavy atom. The Hall–Kier alpha value is -2.41. The first-order valence-electron chi connectivity index (χ1n) is 9.23. The lowest BCUT2D eigenvalue weighted by molar-refractivity contribution is 0.415. The normalized spacial score (nSPS) is 14.7. The van der Waals surface area contributed by atoms with E-state index >= 15 is 0 Å². The van der Waals surface area contributed by atoms with Crippen molar-refractivity contribution in [2.75, 3.05) is 38.2 Å². The molecule has 0 radical (unpaired) electrons. The maximum atomic E-state index is 6.74. The lowest BCUT2D eigenvalue weighted by Crippen LogP contribution is -2.43. The maximum Gasteiger partial charge on any atom is 0.175 e. The minimum absolute atomic E-state index is 0.627. The van der Waals surface area contributed by atoms with Crippen molar-refractivity contribution < 1.29 is 4.74 Å². The van der Waals surface area contributed by atoms with Gasteiger partial charge in [-0.25, -0.2) is 4.98 Å². The Kier molecular flexibility index (Phi) is 4.55. The van der Waals surface area contributed by atoms with Crippen molar-refractivity contribution >= 4 is 49.9 Å². The second kappa shape index (κ2) is 7.20. The van der Waals surface area contributed by atoms with Crippen LogP contribution in [0.4, 0.5) is 5.00 Å². The van der Waals surface area contributed by atoms with E-state index in [0.717, 1.165) is 70.0 Å². The van der Waals surface area contributed by atoms with Gasteiger partial charge in [-0.15, -0.1) is 0 Å². The van der Waals surface area contributed by atoms with Crippen molar-refractivity contribution in [2.24, 2.45) is 0 Å². The molecule has 0 unspecified atom stereocenters. The number of hydrogen-bond donors (Lipinski definition) is 1. The molecule has 4 aromatic rings. The van der Waals surface area contributed by atoms with Crippen LogP contribution in [0.15, 0.2) is 42.5 Å². The van der Waals surface area contributed by atoms with Gasteiger partial charge in [0, 0.05) is 31.7 Å². The van der Waals surface area contributed by atoms with Crippen LogP contribution in [-0.2, 0) is 0 Å². The summed E-state index contributed by atoms with van der Waals surface area (Å²) < 4.78 is 10.1. The fraction of sp³-hybridized carbons (Fsp3) is 0.238. The first-order valence-corrected chi connectivity index (χ1v) is 10.4. The van der Waals surface area contributed by atoms with Crippen LogP contribution in [0.3, 0.4) is 0 Å². The monoisotopic (exact) mass is 410 g/mol. The van der Waals surface area contributed by atoms with E-state index in [0.29, 0.717) is 5.02 Å². The topological polar surface area (TPSA) is 50.3 Å². The van der Waals surface area contributed by atoms with Gasteiger partial charge in [0.2, 0.25) is 0 Å². The molecule has 0 amide bonds. The molecule has 7 heteroatoms. The lowest BCUT2D eigenvalue weighted by atomic mass is 10.0. The van der Waals surface area contributed by atoms with Gasteiger partial charge in [-0.3, -0.25) is 0 Å². The largest absolute Gasteiger partial charge is 0.497 e. The van der Waals surface area contributed by atoms with Crippen molar-refractivity contribution in [3.8, 4) is 17.0 Å². The van der Waals surface area contributed by atoms with Gasteiger partial charge in [-0.2, -0.15) is 4.37 Å². The number of ether oxygens (including phenoxy) is 1. The van der Waals surface area contributed by atoms with Crippen LogP contribution in [0, 0.1) is 0 Å². The summed E-state index contributed by atoms with van der Waals surface area (Å²) in [6, 6.07) is 14.2. The molecule has 0 aliphatic carbocycles. The number of anilines is 1. The molecule has 1 fully saturated rings. The molecule has 0 atom stereocenters. The average Bonchev–Trinajstić information content (AvgIpc) is 3.15. The smallest absolute Gasteiger partial charge is 0.175 e. The number of benzene rings is 2. The van der Waals surface area contributed by atoms with E-state index in [2.05, 4.69) is 26.7 Å². The Morgan fingerprint density at radius 1 is 1.11 bits per heavy atom. The first-order chi connectivity index (χ1) is 13.7. The number of methoxy groups -OCH3 is 1. The second-order valence-electron chi connectivity index (χ2n) is 6.81. The Balaban J connectivity index is 1.68. The number of rotatable bonds is 3. The second-order valence-corrected chi connectivity index (χ2v) is 7.97. The molecule has 3 heterocycles. The third kappa shape index (κ3) is 2.98. The van der Waals surface area contributed by atoms with Crippen LogP contribution in [0.1, 0.15) is 0 Å². The Labute approximate surface area is 172 Å². The molecule has 2 aromatic heterocycles. The minimum Gasteiger partial charge on any atom is -0.497 e. The average molecular weight is 411 g/mol. The Bertz CT molecular complexity index is 1170. The number of aromatic nitrogens is 2. The third-order valence-electron chi connectivity index (χ3n) is 5.14. The van der Waals surface area contributed by atoms with E-state index in [1.807, 2.05) is 30.3 Å². The molecular formula is C21H19ClN4OS. The number of nitrogens with zero attached hydrogens (tertiary/aromatic N) is 3. The van der Waals surface area contributed by atoms with Gasteiger partial charge in [0.15, 0.2) is 5.65 Å². The highest BCUT2D eigenvalue weighted by Gasteiger charge is 2.20. The molecule has 1 N–H and O–H groups in total. The number of pyridine rings is 1. The highest BCUT2D eigenvalue weighted by Crippen LogP contribution is 2.39. The van der Waals surface area contributed by atoms with Crippen LogP contribution >= 0.6 is 23.1 Å². The van der Waals surface area contributed by atoms with Gasteiger partial charge in [-0.1, -0.05) is 35.9 Å². The van der Waals surface area contributed by atoms with Crippen molar-refractivity contribution in [3.05, 3.63) is 47.5 Å². The lowest BCUT2D eigenvalue weighted by Gasteiger charge is -2.27. The molecule has 0 spiro atoms. The van der Waals surface area contributed by atoms with Gasteiger partial charge in [0.05, 0.1) is 23.2 Å². The number of nitrogens with one attached hydrogen (secondary N) is 1. The Morgan fingerprint density at radius 3 is 2.75 bits per heavy atom. The summed E-state index contributed by atoms with van der Waals surface area (Å²) in [7, 11) is 1.67. The van der Waals surface area contributed by atoms with Crippen molar-refractivity contribution in [3.63, 3.8) is 0 Å². The molecule has 142 valence electrons. The molecule has 0 saturated carbocycles. The number of piperazine rings is 1. The summed E-state index contributed by atoms with van der Waals surface area (Å²) in [6.45, 7) is 3.90. The van der Waals surface area contributed by atoms with Crippen molar-refractivity contribution in [1.82, 2.24) is 14.7 Å². The van der Waals surface area contributed by atoms with Gasteiger partial charge < -0.3 is 15.0 Å². The molecule has 5 nitrogen and oxygen atoms in total. The fourth-order valence-corrected chi connectivity index (χ4v) is 4.84. The predicted molar refractivity (Wildman–Crippen MR) is 117 cm³/mol. The van der Waals surface area contributed by atoms with Gasteiger partial charge in [-0.05, 0) is 40.5 Å². The predicted octanol–water partition coefficient (Wildman–Crippen LogP) is 4.58. The van der Waals surface area contributed by atoms with E-state index in [-0.39, 0.29) is 0 Å². The van der Waals surface area contributed by atoms with E-state index in [9.17, 15) is 0 Å². The SMILES string of the molecule is COc1cc(-c2nc3nsc(N4CCNCC4)c3cc2Cl)c2ccccc2c1. The maximum absolute atomic E-state index is 6.74. The fourth-order valence-electron chi connectivity index (χ4n) is 3.72. The molecular weight excluding hydrogens is 392 g/mol. The highest BCUT2D eigenvalue weighted by atomic mass is 35.5. The zero-order valence-electron chi connectivity index (χ0n) is 15.4. The van der Waals surface area contributed by atoms with Crippen LogP contribution in [0.5, 0.6) is 5.75 Å². The van der Waals surface area contributed by atoms with Crippen LogP contribution in [0.2, 0.25) is 5.02 Å². The van der Waals surface area contributed by atoms with Gasteiger partial charge in [0.1, 0.15) is 10.8 Å². The number of hydrogen-bond acceptors (Lipinski definition) is 6. The molecule has 5 rings (SSSR count). The standard InChI is InChI=1S/C21H19ClN4OS/c1-27-14-10-13-4-2-3-5-15(13)16(11-14)19-18(22)12-17-20(24-19)25-28-21(17)26-8-6-23-7-9-26/h2-5,10-12,23H,6-9H2,1H3. The van der Waals surface area contributed by atoms with Gasteiger partial charge in [0.25, 0.3) is 0 Å². The molecule has 1 aliphatic rings. The first kappa shape index (κ1) is 17.7. The van der Waals surface area contributed by atoms with Crippen LogP contribution in [0.25, 0.3) is 33.1 Å². The molecule has 28 heavy (non-hydrogen) atoms. The van der Waals surface area contributed by atoms with E-state index in [4.69, 9.17) is 21.3 Å². The summed E-state index contributed by atoms with van der Waals surface area (Å²) in [5.41, 5.74) is 2.44. The number of halogens is 1. The third-order valence-corrected chi connectivity index (χ3v) is 6.34. The molecule has 0 bridgehead atoms. The molecule has 1 aliphatic heterocycles. The van der Waals surface area contributed by atoms with E-state index in [1.54, 1.807) is 7.11 Å². The van der Waals surface area contributed by atoms with Crippen molar-refractivity contribution in [1.29, 1.82) is 0 Å². The summed E-state index contributed by atoms with van der Waals surface area (Å²) in [6.07, 6.45) is 0. The van der Waals surface area contributed by atoms with Gasteiger partial charge >= 0.3 is 0 Å². The molecule has 2 aromatic carbocycles. The zero-order chi connectivity index (χ0) is 19.1. The summed E-state index contributed by atoms with van der Waals surface area (Å²) in [4.78, 5) is 7.21. The zero-order valence-corrected chi connectivity index (χ0v) is 17.0. The van der Waals surface area contributed by atoms with E-state index in [1.165, 1.54) is 11.5 Å². The minimum atomic E-state index is 0.627. The number of fused-ring (bicyclic) bond motifs is 2. The van der Waals surface area contributed by atoms with Crippen LogP contribution in [-0.4, -0.2) is 42.6 Å². The summed E-state index contributed by atoms with van der Waals surface area (Å²) in [5, 5.41) is 8.36. The summed E-state index contributed by atoms with van der Waals surface area (Å²) >= 11 is 8.24. The summed E-state index contributed by atoms with van der Waals surface area (Å²) in [5.74, 6) is 0.784. The quantitative estimate of drug-likeness (QED) is 0.535.